The zero-order valence-electron chi connectivity index (χ0n) is 14.9. The standard InChI is InChI=1S/C19H21NO6/c1-11(26-13(3)21)16-15-10-24-12(2)17(20(15)18(16)22)19(23)25-9-14-7-5-4-6-8-14/h4-8,11,15-16H,9-10H2,1-3H3/t11-,15+,16+/m1/s1. The Balaban J connectivity index is 1.71. The summed E-state index contributed by atoms with van der Waals surface area (Å²) < 4.78 is 16.0. The Morgan fingerprint density at radius 3 is 2.65 bits per heavy atom. The molecule has 2 heterocycles. The summed E-state index contributed by atoms with van der Waals surface area (Å²) in [6, 6.07) is 8.93. The molecular weight excluding hydrogens is 338 g/mol. The van der Waals surface area contributed by atoms with E-state index in [1.165, 1.54) is 11.8 Å². The van der Waals surface area contributed by atoms with Crippen molar-refractivity contribution in [3.05, 3.63) is 47.4 Å². The zero-order valence-corrected chi connectivity index (χ0v) is 14.9. The van der Waals surface area contributed by atoms with Gasteiger partial charge in [-0.25, -0.2) is 4.79 Å². The fourth-order valence-corrected chi connectivity index (χ4v) is 3.35. The molecule has 0 aliphatic carbocycles. The maximum Gasteiger partial charge on any atom is 0.358 e. The van der Waals surface area contributed by atoms with Crippen LogP contribution in [0.15, 0.2) is 41.8 Å². The molecule has 26 heavy (non-hydrogen) atoms. The van der Waals surface area contributed by atoms with Crippen LogP contribution in [0.25, 0.3) is 0 Å². The third-order valence-corrected chi connectivity index (χ3v) is 4.58. The van der Waals surface area contributed by atoms with Crippen molar-refractivity contribution < 1.29 is 28.6 Å². The van der Waals surface area contributed by atoms with Gasteiger partial charge in [0.1, 0.15) is 25.1 Å². The highest BCUT2D eigenvalue weighted by atomic mass is 16.5. The van der Waals surface area contributed by atoms with E-state index in [1.54, 1.807) is 13.8 Å². The van der Waals surface area contributed by atoms with Gasteiger partial charge < -0.3 is 14.2 Å². The molecule has 0 bridgehead atoms. The molecule has 0 N–H and O–H groups in total. The summed E-state index contributed by atoms with van der Waals surface area (Å²) >= 11 is 0. The van der Waals surface area contributed by atoms with E-state index in [9.17, 15) is 14.4 Å². The molecule has 1 amide bonds. The van der Waals surface area contributed by atoms with Gasteiger partial charge in [-0.1, -0.05) is 30.3 Å². The second-order valence-corrected chi connectivity index (χ2v) is 6.39. The van der Waals surface area contributed by atoms with Crippen LogP contribution >= 0.6 is 0 Å². The summed E-state index contributed by atoms with van der Waals surface area (Å²) in [7, 11) is 0. The SMILES string of the molecule is CC(=O)O[C@H](C)[C@@H]1C(=O)N2C(C(=O)OCc3ccccc3)=C(C)OC[C@@H]12. The van der Waals surface area contributed by atoms with E-state index in [0.29, 0.717) is 5.76 Å². The van der Waals surface area contributed by atoms with Gasteiger partial charge in [0, 0.05) is 6.92 Å². The normalized spacial score (nSPS) is 22.7. The number of benzene rings is 1. The minimum atomic E-state index is -0.608. The maximum atomic E-state index is 12.6. The van der Waals surface area contributed by atoms with Crippen molar-refractivity contribution in [3.63, 3.8) is 0 Å². The smallest absolute Gasteiger partial charge is 0.358 e. The molecule has 1 aromatic carbocycles. The predicted octanol–water partition coefficient (Wildman–Crippen LogP) is 1.77. The number of β-lactam (4-membered cyclic amide) rings is 1. The van der Waals surface area contributed by atoms with E-state index in [-0.39, 0.29) is 30.9 Å². The van der Waals surface area contributed by atoms with E-state index in [1.807, 2.05) is 30.3 Å². The predicted molar refractivity (Wildman–Crippen MR) is 90.2 cm³/mol. The Hall–Kier alpha value is -2.83. The molecule has 7 nitrogen and oxygen atoms in total. The van der Waals surface area contributed by atoms with Crippen molar-refractivity contribution >= 4 is 17.8 Å². The lowest BCUT2D eigenvalue weighted by molar-refractivity contribution is -0.178. The summed E-state index contributed by atoms with van der Waals surface area (Å²) in [6.07, 6.45) is -0.579. The van der Waals surface area contributed by atoms with E-state index >= 15 is 0 Å². The number of amides is 1. The molecule has 0 aromatic heterocycles. The molecule has 138 valence electrons. The van der Waals surface area contributed by atoms with Crippen LogP contribution in [-0.4, -0.2) is 41.5 Å². The quantitative estimate of drug-likeness (QED) is 0.589. The largest absolute Gasteiger partial charge is 0.494 e. The van der Waals surface area contributed by atoms with Gasteiger partial charge in [-0.15, -0.1) is 0 Å². The lowest BCUT2D eigenvalue weighted by atomic mass is 9.82. The molecule has 0 unspecified atom stereocenters. The summed E-state index contributed by atoms with van der Waals surface area (Å²) in [6.45, 7) is 4.95. The minimum Gasteiger partial charge on any atom is -0.494 e. The zero-order chi connectivity index (χ0) is 18.8. The third kappa shape index (κ3) is 3.29. The highest BCUT2D eigenvalue weighted by molar-refractivity contribution is 5.99. The first-order valence-corrected chi connectivity index (χ1v) is 8.45. The van der Waals surface area contributed by atoms with Gasteiger partial charge in [0.05, 0.1) is 12.0 Å². The van der Waals surface area contributed by atoms with Crippen LogP contribution in [0.2, 0.25) is 0 Å². The summed E-state index contributed by atoms with van der Waals surface area (Å²) in [5.74, 6) is -1.49. The Labute approximate surface area is 151 Å². The molecule has 0 spiro atoms. The number of nitrogens with zero attached hydrogens (tertiary/aromatic N) is 1. The second-order valence-electron chi connectivity index (χ2n) is 6.39. The van der Waals surface area contributed by atoms with Gasteiger partial charge in [0.25, 0.3) is 0 Å². The Morgan fingerprint density at radius 1 is 1.31 bits per heavy atom. The van der Waals surface area contributed by atoms with E-state index in [2.05, 4.69) is 0 Å². The van der Waals surface area contributed by atoms with Crippen molar-refractivity contribution in [2.45, 2.75) is 39.5 Å². The van der Waals surface area contributed by atoms with E-state index < -0.39 is 24.0 Å². The molecular formula is C19H21NO6. The van der Waals surface area contributed by atoms with Crippen molar-refractivity contribution in [1.82, 2.24) is 4.90 Å². The van der Waals surface area contributed by atoms with Crippen LogP contribution in [0.3, 0.4) is 0 Å². The first-order valence-electron chi connectivity index (χ1n) is 8.45. The molecule has 0 saturated carbocycles. The first kappa shape index (κ1) is 18.0. The third-order valence-electron chi connectivity index (χ3n) is 4.58. The van der Waals surface area contributed by atoms with Crippen molar-refractivity contribution in [1.29, 1.82) is 0 Å². The molecule has 3 atom stereocenters. The topological polar surface area (TPSA) is 82.1 Å². The molecule has 2 aliphatic rings. The lowest BCUT2D eigenvalue weighted by Crippen LogP contribution is -2.67. The van der Waals surface area contributed by atoms with Gasteiger partial charge in [-0.05, 0) is 19.4 Å². The van der Waals surface area contributed by atoms with Crippen molar-refractivity contribution in [3.8, 4) is 0 Å². The Bertz CT molecular complexity index is 757. The monoisotopic (exact) mass is 359 g/mol. The molecule has 1 fully saturated rings. The highest BCUT2D eigenvalue weighted by Gasteiger charge is 2.56. The minimum absolute atomic E-state index is 0.108. The van der Waals surface area contributed by atoms with Crippen LogP contribution < -0.4 is 0 Å². The highest BCUT2D eigenvalue weighted by Crippen LogP contribution is 2.39. The van der Waals surface area contributed by atoms with Crippen molar-refractivity contribution in [2.75, 3.05) is 6.61 Å². The Morgan fingerprint density at radius 2 is 2.00 bits per heavy atom. The maximum absolute atomic E-state index is 12.6. The second kappa shape index (κ2) is 7.19. The number of ether oxygens (including phenoxy) is 3. The number of carbonyl (C=O) groups excluding carboxylic acids is 3. The van der Waals surface area contributed by atoms with Crippen LogP contribution in [0.4, 0.5) is 0 Å². The van der Waals surface area contributed by atoms with E-state index in [0.717, 1.165) is 5.56 Å². The average molecular weight is 359 g/mol. The van der Waals surface area contributed by atoms with Crippen LogP contribution in [0.5, 0.6) is 0 Å². The number of fused-ring (bicyclic) bond motifs is 1. The molecule has 3 rings (SSSR count). The van der Waals surface area contributed by atoms with Gasteiger partial charge >= 0.3 is 11.9 Å². The fourth-order valence-electron chi connectivity index (χ4n) is 3.35. The summed E-state index contributed by atoms with van der Waals surface area (Å²) in [5.41, 5.74) is 0.970. The molecule has 7 heteroatoms. The molecule has 2 aliphatic heterocycles. The van der Waals surface area contributed by atoms with E-state index in [4.69, 9.17) is 14.2 Å². The van der Waals surface area contributed by atoms with Gasteiger partial charge in [0.2, 0.25) is 5.91 Å². The summed E-state index contributed by atoms with van der Waals surface area (Å²) in [5, 5.41) is 0. The number of carbonyl (C=O) groups is 3. The molecule has 0 radical (unpaired) electrons. The van der Waals surface area contributed by atoms with Gasteiger partial charge in [0.15, 0.2) is 5.70 Å². The van der Waals surface area contributed by atoms with Gasteiger partial charge in [-0.3, -0.25) is 14.5 Å². The lowest BCUT2D eigenvalue weighted by Gasteiger charge is -2.50. The van der Waals surface area contributed by atoms with Crippen molar-refractivity contribution in [2.24, 2.45) is 5.92 Å². The van der Waals surface area contributed by atoms with Gasteiger partial charge in [-0.2, -0.15) is 0 Å². The van der Waals surface area contributed by atoms with Crippen LogP contribution in [0, 0.1) is 5.92 Å². The number of hydrogen-bond donors (Lipinski definition) is 0. The number of hydrogen-bond acceptors (Lipinski definition) is 6. The summed E-state index contributed by atoms with van der Waals surface area (Å²) in [4.78, 5) is 37.7. The van der Waals surface area contributed by atoms with Crippen LogP contribution in [-0.2, 0) is 35.2 Å². The number of esters is 2. The number of rotatable bonds is 5. The molecule has 1 saturated heterocycles. The average Bonchev–Trinajstić information content (AvgIpc) is 2.60. The number of allylic oxidation sites excluding steroid dienone is 1. The molecule has 1 aromatic rings. The van der Waals surface area contributed by atoms with Crippen LogP contribution in [0.1, 0.15) is 26.3 Å². The Kier molecular flexibility index (Phi) is 4.97. The fraction of sp³-hybridized carbons (Fsp3) is 0.421. The first-order chi connectivity index (χ1) is 12.4.